The van der Waals surface area contributed by atoms with Crippen LogP contribution in [0.4, 0.5) is 4.39 Å². The van der Waals surface area contributed by atoms with Gasteiger partial charge in [-0.2, -0.15) is 0 Å². The van der Waals surface area contributed by atoms with E-state index in [1.165, 1.54) is 23.3 Å². The van der Waals surface area contributed by atoms with E-state index in [-0.39, 0.29) is 5.82 Å². The third-order valence-electron chi connectivity index (χ3n) is 3.41. The zero-order valence-corrected chi connectivity index (χ0v) is 11.3. The molecular formula is C16H16FN3. The number of benzene rings is 1. The Balaban J connectivity index is 1.85. The number of hydrogen-bond acceptors (Lipinski definition) is 3. The van der Waals surface area contributed by atoms with E-state index in [0.717, 1.165) is 24.5 Å². The molecular weight excluding hydrogens is 253 g/mol. The molecule has 0 aliphatic carbocycles. The Hall–Kier alpha value is -2.36. The summed E-state index contributed by atoms with van der Waals surface area (Å²) in [6.45, 7) is 3.71. The summed E-state index contributed by atoms with van der Waals surface area (Å²) in [7, 11) is 0. The maximum atomic E-state index is 13.3. The lowest BCUT2D eigenvalue weighted by molar-refractivity contribution is 0.383. The molecule has 1 aromatic heterocycles. The average molecular weight is 269 g/mol. The Morgan fingerprint density at radius 2 is 2.25 bits per heavy atom. The molecule has 0 saturated carbocycles. The molecule has 1 aliphatic rings. The van der Waals surface area contributed by atoms with Crippen molar-refractivity contribution in [3.8, 4) is 11.3 Å². The van der Waals surface area contributed by atoms with Gasteiger partial charge in [0, 0.05) is 30.7 Å². The molecule has 20 heavy (non-hydrogen) atoms. The molecule has 3 rings (SSSR count). The zero-order chi connectivity index (χ0) is 13.9. The number of rotatable bonds is 3. The van der Waals surface area contributed by atoms with Crippen molar-refractivity contribution in [2.75, 3.05) is 6.67 Å². The molecule has 0 unspecified atom stereocenters. The molecule has 1 aliphatic heterocycles. The van der Waals surface area contributed by atoms with E-state index < -0.39 is 0 Å². The van der Waals surface area contributed by atoms with Crippen LogP contribution in [-0.4, -0.2) is 16.6 Å². The lowest BCUT2D eigenvalue weighted by Gasteiger charge is -2.16. The highest BCUT2D eigenvalue weighted by Crippen LogP contribution is 2.21. The van der Waals surface area contributed by atoms with Gasteiger partial charge < -0.3 is 10.2 Å². The fourth-order valence-corrected chi connectivity index (χ4v) is 2.26. The van der Waals surface area contributed by atoms with Crippen LogP contribution in [-0.2, 0) is 6.54 Å². The fourth-order valence-electron chi connectivity index (χ4n) is 2.26. The number of hydrogen-bond donors (Lipinski definition) is 1. The second kappa shape index (κ2) is 5.33. The minimum atomic E-state index is -0.237. The topological polar surface area (TPSA) is 28.2 Å². The first-order valence-corrected chi connectivity index (χ1v) is 6.58. The monoisotopic (exact) mass is 269 g/mol. The summed E-state index contributed by atoms with van der Waals surface area (Å²) in [5.41, 5.74) is 3.96. The summed E-state index contributed by atoms with van der Waals surface area (Å²) < 4.78 is 13.3. The molecule has 102 valence electrons. The Morgan fingerprint density at radius 1 is 1.35 bits per heavy atom. The molecule has 2 heterocycles. The minimum Gasteiger partial charge on any atom is -0.373 e. The van der Waals surface area contributed by atoms with Gasteiger partial charge in [-0.05, 0) is 36.2 Å². The second-order valence-corrected chi connectivity index (χ2v) is 4.93. The SMILES string of the molecule is Cc1cc(-c2cccc(F)c2)ncc1CN1C=CNC1. The van der Waals surface area contributed by atoms with Crippen LogP contribution in [0, 0.1) is 12.7 Å². The third-order valence-corrected chi connectivity index (χ3v) is 3.41. The van der Waals surface area contributed by atoms with Gasteiger partial charge in [0.05, 0.1) is 12.4 Å². The summed E-state index contributed by atoms with van der Waals surface area (Å²) in [5.74, 6) is -0.237. The number of pyridine rings is 1. The standard InChI is InChI=1S/C16H16FN3/c1-12-7-16(13-3-2-4-15(17)8-13)19-9-14(12)10-20-6-5-18-11-20/h2-9,18H,10-11H2,1H3. The molecule has 0 fully saturated rings. The van der Waals surface area contributed by atoms with Gasteiger partial charge in [-0.1, -0.05) is 12.1 Å². The lowest BCUT2D eigenvalue weighted by Crippen LogP contribution is -2.20. The summed E-state index contributed by atoms with van der Waals surface area (Å²) in [6, 6.07) is 8.54. The molecule has 2 aromatic rings. The highest BCUT2D eigenvalue weighted by atomic mass is 19.1. The number of nitrogens with one attached hydrogen (secondary N) is 1. The van der Waals surface area contributed by atoms with Crippen molar-refractivity contribution < 1.29 is 4.39 Å². The van der Waals surface area contributed by atoms with Gasteiger partial charge >= 0.3 is 0 Å². The number of aromatic nitrogens is 1. The van der Waals surface area contributed by atoms with Crippen LogP contribution < -0.4 is 5.32 Å². The molecule has 0 bridgehead atoms. The van der Waals surface area contributed by atoms with Crippen molar-refractivity contribution >= 4 is 0 Å². The van der Waals surface area contributed by atoms with Crippen LogP contribution in [0.15, 0.2) is 48.9 Å². The molecule has 3 nitrogen and oxygen atoms in total. The number of aryl methyl sites for hydroxylation is 1. The molecule has 0 radical (unpaired) electrons. The molecule has 1 aromatic carbocycles. The average Bonchev–Trinajstić information content (AvgIpc) is 2.94. The quantitative estimate of drug-likeness (QED) is 0.928. The predicted octanol–water partition coefficient (Wildman–Crippen LogP) is 3.03. The first-order valence-electron chi connectivity index (χ1n) is 6.58. The van der Waals surface area contributed by atoms with E-state index in [1.54, 1.807) is 6.07 Å². The van der Waals surface area contributed by atoms with E-state index in [0.29, 0.717) is 0 Å². The van der Waals surface area contributed by atoms with Crippen molar-refractivity contribution in [3.05, 3.63) is 65.9 Å². The van der Waals surface area contributed by atoms with Crippen molar-refractivity contribution in [1.29, 1.82) is 0 Å². The number of nitrogens with zero attached hydrogens (tertiary/aromatic N) is 2. The molecule has 1 N–H and O–H groups in total. The normalized spacial score (nSPS) is 13.6. The van der Waals surface area contributed by atoms with Crippen molar-refractivity contribution in [2.24, 2.45) is 0 Å². The largest absolute Gasteiger partial charge is 0.373 e. The summed E-state index contributed by atoms with van der Waals surface area (Å²) in [6.07, 6.45) is 5.84. The van der Waals surface area contributed by atoms with E-state index >= 15 is 0 Å². The Kier molecular flexibility index (Phi) is 3.37. The lowest BCUT2D eigenvalue weighted by atomic mass is 10.1. The van der Waals surface area contributed by atoms with Crippen LogP contribution in [0.3, 0.4) is 0 Å². The zero-order valence-electron chi connectivity index (χ0n) is 11.3. The van der Waals surface area contributed by atoms with Crippen LogP contribution in [0.2, 0.25) is 0 Å². The van der Waals surface area contributed by atoms with Gasteiger partial charge in [-0.25, -0.2) is 4.39 Å². The van der Waals surface area contributed by atoms with Gasteiger partial charge in [-0.3, -0.25) is 4.98 Å². The molecule has 0 amide bonds. The van der Waals surface area contributed by atoms with Gasteiger partial charge in [-0.15, -0.1) is 0 Å². The summed E-state index contributed by atoms with van der Waals surface area (Å²) in [4.78, 5) is 6.63. The van der Waals surface area contributed by atoms with Gasteiger partial charge in [0.25, 0.3) is 0 Å². The van der Waals surface area contributed by atoms with Crippen LogP contribution in [0.25, 0.3) is 11.3 Å². The first-order chi connectivity index (χ1) is 9.72. The fraction of sp³-hybridized carbons (Fsp3) is 0.188. The molecule has 0 saturated heterocycles. The summed E-state index contributed by atoms with van der Waals surface area (Å²) in [5, 5.41) is 3.14. The van der Waals surface area contributed by atoms with Crippen LogP contribution in [0.5, 0.6) is 0 Å². The smallest absolute Gasteiger partial charge is 0.123 e. The molecule has 0 atom stereocenters. The van der Waals surface area contributed by atoms with Crippen LogP contribution >= 0.6 is 0 Å². The Labute approximate surface area is 117 Å². The maximum Gasteiger partial charge on any atom is 0.123 e. The molecule has 4 heteroatoms. The Bertz CT molecular complexity index is 652. The highest BCUT2D eigenvalue weighted by Gasteiger charge is 2.09. The van der Waals surface area contributed by atoms with Gasteiger partial charge in [0.15, 0.2) is 0 Å². The van der Waals surface area contributed by atoms with Crippen molar-refractivity contribution in [3.63, 3.8) is 0 Å². The van der Waals surface area contributed by atoms with E-state index in [9.17, 15) is 4.39 Å². The van der Waals surface area contributed by atoms with Crippen LogP contribution in [0.1, 0.15) is 11.1 Å². The van der Waals surface area contributed by atoms with E-state index in [4.69, 9.17) is 0 Å². The third kappa shape index (κ3) is 2.64. The van der Waals surface area contributed by atoms with E-state index in [2.05, 4.69) is 22.1 Å². The number of halogens is 1. The van der Waals surface area contributed by atoms with Crippen molar-refractivity contribution in [1.82, 2.24) is 15.2 Å². The second-order valence-electron chi connectivity index (χ2n) is 4.93. The predicted molar refractivity (Wildman–Crippen MR) is 77.1 cm³/mol. The minimum absolute atomic E-state index is 0.237. The molecule has 0 spiro atoms. The Morgan fingerprint density at radius 3 is 2.95 bits per heavy atom. The van der Waals surface area contributed by atoms with Gasteiger partial charge in [0.2, 0.25) is 0 Å². The summed E-state index contributed by atoms with van der Waals surface area (Å²) >= 11 is 0. The van der Waals surface area contributed by atoms with Crippen molar-refractivity contribution in [2.45, 2.75) is 13.5 Å². The maximum absolute atomic E-state index is 13.3. The first kappa shape index (κ1) is 12.7. The van der Waals surface area contributed by atoms with Gasteiger partial charge in [0.1, 0.15) is 5.82 Å². The highest BCUT2D eigenvalue weighted by molar-refractivity contribution is 5.60. The van der Waals surface area contributed by atoms with E-state index in [1.807, 2.05) is 30.7 Å².